The summed E-state index contributed by atoms with van der Waals surface area (Å²) in [6, 6.07) is 0. The molecule has 0 radical (unpaired) electrons. The Bertz CT molecular complexity index is 698. The van der Waals surface area contributed by atoms with E-state index in [1.165, 1.54) is 0 Å². The van der Waals surface area contributed by atoms with E-state index in [0.29, 0.717) is 32.8 Å². The minimum Gasteiger partial charge on any atom is -0.478 e. The van der Waals surface area contributed by atoms with Crippen LogP contribution in [0.25, 0.3) is 0 Å². The number of esters is 2. The summed E-state index contributed by atoms with van der Waals surface area (Å²) in [5, 5.41) is 48.8. The third-order valence-electron chi connectivity index (χ3n) is 3.93. The molecule has 0 aliphatic heterocycles. The molecule has 0 atom stereocenters. The Labute approximate surface area is 245 Å². The number of carboxylic acid groups (broad SMARTS) is 3. The van der Waals surface area contributed by atoms with Crippen LogP contribution in [0.1, 0.15) is 13.3 Å². The van der Waals surface area contributed by atoms with E-state index in [2.05, 4.69) is 42.4 Å². The molecule has 0 fully saturated rings. The second kappa shape index (κ2) is 36.8. The Morgan fingerprint density at radius 1 is 0.548 bits per heavy atom. The molecule has 0 spiro atoms. The minimum absolute atomic E-state index is 0.156. The van der Waals surface area contributed by atoms with E-state index >= 15 is 0 Å². The zero-order valence-electron chi connectivity index (χ0n) is 23.9. The first-order chi connectivity index (χ1) is 19.8. The van der Waals surface area contributed by atoms with Crippen LogP contribution >= 0.6 is 0 Å². The summed E-state index contributed by atoms with van der Waals surface area (Å²) in [6.45, 7) is 18.5. The van der Waals surface area contributed by atoms with Gasteiger partial charge in [0, 0.05) is 35.8 Å². The predicted octanol–water partition coefficient (Wildman–Crippen LogP) is 0.609. The van der Waals surface area contributed by atoms with Gasteiger partial charge in [0.2, 0.25) is 0 Å². The lowest BCUT2D eigenvalue weighted by molar-refractivity contribution is -0.141. The van der Waals surface area contributed by atoms with Crippen LogP contribution in [0, 0.1) is 5.41 Å². The van der Waals surface area contributed by atoms with Gasteiger partial charge in [0.05, 0.1) is 46.2 Å². The smallest absolute Gasteiger partial charge is 0.330 e. The molecule has 42 heavy (non-hydrogen) atoms. The molecule has 0 bridgehead atoms. The number of carboxylic acids is 3. The first kappa shape index (κ1) is 47.6. The van der Waals surface area contributed by atoms with Crippen molar-refractivity contribution in [2.45, 2.75) is 13.3 Å². The Hall–Kier alpha value is -4.15. The number of carbonyl (C=O) groups excluding carboxylic acids is 2. The molecule has 0 aliphatic carbocycles. The van der Waals surface area contributed by atoms with E-state index in [4.69, 9.17) is 40.1 Å². The van der Waals surface area contributed by atoms with E-state index in [1.54, 1.807) is 0 Å². The van der Waals surface area contributed by atoms with Gasteiger partial charge in [-0.05, 0) is 6.42 Å². The SMILES string of the molecule is C=CC(=O)O.C=CC(=O)O.C=CC(=O)O.C=CC(=O)OCCOCCOCCOC(=O)C=C.CCC(CO)(CO)CO. The molecule has 0 heterocycles. The minimum atomic E-state index is -0.981. The summed E-state index contributed by atoms with van der Waals surface area (Å²) in [7, 11) is 0. The summed E-state index contributed by atoms with van der Waals surface area (Å²) in [5.41, 5.74) is -0.667. The highest BCUT2D eigenvalue weighted by Gasteiger charge is 2.24. The third-order valence-corrected chi connectivity index (χ3v) is 3.93. The van der Waals surface area contributed by atoms with Crippen molar-refractivity contribution in [1.82, 2.24) is 0 Å². The fourth-order valence-corrected chi connectivity index (χ4v) is 1.33. The van der Waals surface area contributed by atoms with E-state index in [9.17, 15) is 24.0 Å². The van der Waals surface area contributed by atoms with Gasteiger partial charge in [-0.3, -0.25) is 0 Å². The molecule has 15 heteroatoms. The molecule has 0 aromatic rings. The van der Waals surface area contributed by atoms with Gasteiger partial charge < -0.3 is 49.6 Å². The van der Waals surface area contributed by atoms with Gasteiger partial charge in [0.15, 0.2) is 0 Å². The number of ether oxygens (including phenoxy) is 4. The van der Waals surface area contributed by atoms with Crippen molar-refractivity contribution in [2.75, 3.05) is 59.5 Å². The molecule has 0 saturated heterocycles. The molecule has 15 nitrogen and oxygen atoms in total. The Kier molecular flexibility index (Phi) is 41.8. The van der Waals surface area contributed by atoms with Crippen molar-refractivity contribution < 1.29 is 73.6 Å². The lowest BCUT2D eigenvalue weighted by Crippen LogP contribution is -2.32. The highest BCUT2D eigenvalue weighted by atomic mass is 16.6. The molecule has 242 valence electrons. The molecular formula is C27H44O15. The largest absolute Gasteiger partial charge is 0.478 e. The van der Waals surface area contributed by atoms with Gasteiger partial charge in [0.25, 0.3) is 0 Å². The van der Waals surface area contributed by atoms with Crippen LogP contribution in [0.2, 0.25) is 0 Å². The molecule has 0 aromatic heterocycles. The van der Waals surface area contributed by atoms with Crippen molar-refractivity contribution in [3.05, 3.63) is 63.3 Å². The molecule has 0 aromatic carbocycles. The number of carbonyl (C=O) groups is 5. The summed E-state index contributed by atoms with van der Waals surface area (Å²) in [5.74, 6) is -3.89. The topological polar surface area (TPSA) is 244 Å². The standard InChI is InChI=1S/C12H18O6.C6H14O3.3C3H4O2/c1-3-11(13)17-9-7-15-5-6-16-8-10-18-12(14)4-2;1-2-6(3-7,4-8)5-9;3*1-2-3(4)5/h3-4H,1-2,5-10H2;7-9H,2-5H2,1H3;3*2H,1H2,(H,4,5). The number of aliphatic hydroxyl groups excluding tert-OH is 3. The predicted molar refractivity (Wildman–Crippen MR) is 151 cm³/mol. The quantitative estimate of drug-likeness (QED) is 0.0709. The maximum Gasteiger partial charge on any atom is 0.330 e. The summed E-state index contributed by atoms with van der Waals surface area (Å²) in [6.07, 6.45) is 5.28. The normalized spacial score (nSPS) is 8.95. The Morgan fingerprint density at radius 2 is 0.786 bits per heavy atom. The van der Waals surface area contributed by atoms with Crippen LogP contribution in [-0.2, 0) is 42.9 Å². The maximum absolute atomic E-state index is 10.6. The van der Waals surface area contributed by atoms with Gasteiger partial charge in [-0.1, -0.05) is 39.8 Å². The number of aliphatic carboxylic acids is 3. The monoisotopic (exact) mass is 608 g/mol. The van der Waals surface area contributed by atoms with Crippen LogP contribution in [0.5, 0.6) is 0 Å². The number of hydrogen-bond acceptors (Lipinski definition) is 12. The summed E-state index contributed by atoms with van der Waals surface area (Å²) < 4.78 is 19.6. The second-order valence-corrected chi connectivity index (χ2v) is 6.92. The molecular weight excluding hydrogens is 564 g/mol. The second-order valence-electron chi connectivity index (χ2n) is 6.92. The van der Waals surface area contributed by atoms with Crippen LogP contribution in [0.3, 0.4) is 0 Å². The van der Waals surface area contributed by atoms with Crippen LogP contribution in [-0.4, -0.2) is 120 Å². The van der Waals surface area contributed by atoms with Gasteiger partial charge in [-0.15, -0.1) is 0 Å². The lowest BCUT2D eigenvalue weighted by Gasteiger charge is -2.24. The van der Waals surface area contributed by atoms with Crippen LogP contribution in [0.15, 0.2) is 63.3 Å². The zero-order valence-corrected chi connectivity index (χ0v) is 23.9. The van der Waals surface area contributed by atoms with Gasteiger partial charge in [0.1, 0.15) is 13.2 Å². The summed E-state index contributed by atoms with van der Waals surface area (Å²) in [4.78, 5) is 49.0. The highest BCUT2D eigenvalue weighted by molar-refractivity contribution is 5.81. The van der Waals surface area contributed by atoms with Crippen molar-refractivity contribution in [3.8, 4) is 0 Å². The molecule has 0 unspecified atom stereocenters. The summed E-state index contributed by atoms with van der Waals surface area (Å²) >= 11 is 0. The van der Waals surface area contributed by atoms with E-state index in [0.717, 1.165) is 30.4 Å². The molecule has 0 saturated carbocycles. The fraction of sp³-hybridized carbons (Fsp3) is 0.444. The lowest BCUT2D eigenvalue weighted by atomic mass is 9.88. The van der Waals surface area contributed by atoms with Gasteiger partial charge in [-0.2, -0.15) is 0 Å². The molecule has 6 N–H and O–H groups in total. The highest BCUT2D eigenvalue weighted by Crippen LogP contribution is 2.18. The molecule has 0 rings (SSSR count). The van der Waals surface area contributed by atoms with Crippen molar-refractivity contribution in [1.29, 1.82) is 0 Å². The van der Waals surface area contributed by atoms with Crippen molar-refractivity contribution >= 4 is 29.8 Å². The molecule has 0 amide bonds. The third kappa shape index (κ3) is 45.7. The van der Waals surface area contributed by atoms with Gasteiger partial charge in [-0.25, -0.2) is 24.0 Å². The first-order valence-electron chi connectivity index (χ1n) is 11.9. The van der Waals surface area contributed by atoms with E-state index in [1.807, 2.05) is 6.92 Å². The number of hydrogen-bond donors (Lipinski definition) is 6. The average Bonchev–Trinajstić information content (AvgIpc) is 3.00. The number of aliphatic hydroxyl groups is 3. The van der Waals surface area contributed by atoms with Gasteiger partial charge >= 0.3 is 29.8 Å². The van der Waals surface area contributed by atoms with Crippen LogP contribution in [0.4, 0.5) is 0 Å². The van der Waals surface area contributed by atoms with Crippen LogP contribution < -0.4 is 0 Å². The molecule has 0 aliphatic rings. The van der Waals surface area contributed by atoms with E-state index in [-0.39, 0.29) is 33.0 Å². The maximum atomic E-state index is 10.6. The zero-order chi connectivity index (χ0) is 33.8. The van der Waals surface area contributed by atoms with Crippen molar-refractivity contribution in [2.24, 2.45) is 5.41 Å². The Morgan fingerprint density at radius 3 is 0.929 bits per heavy atom. The first-order valence-corrected chi connectivity index (χ1v) is 11.9. The fourth-order valence-electron chi connectivity index (χ4n) is 1.33. The average molecular weight is 609 g/mol. The Balaban J connectivity index is -0.000000157. The van der Waals surface area contributed by atoms with E-state index < -0.39 is 35.3 Å². The number of rotatable bonds is 18. The van der Waals surface area contributed by atoms with Crippen molar-refractivity contribution in [3.63, 3.8) is 0 Å².